The van der Waals surface area contributed by atoms with Crippen LogP contribution in [0.5, 0.6) is 0 Å². The van der Waals surface area contributed by atoms with Crippen molar-refractivity contribution in [1.29, 1.82) is 0 Å². The second-order valence-corrected chi connectivity index (χ2v) is 8.71. The highest BCUT2D eigenvalue weighted by atomic mass is 32.2. The second kappa shape index (κ2) is 8.12. The predicted molar refractivity (Wildman–Crippen MR) is 96.0 cm³/mol. The molecule has 1 aromatic carbocycles. The summed E-state index contributed by atoms with van der Waals surface area (Å²) in [7, 11) is -3.38. The number of nitrogens with zero attached hydrogens (tertiary/aromatic N) is 2. The number of sulfonamides is 1. The average molecular weight is 353 g/mol. The van der Waals surface area contributed by atoms with E-state index < -0.39 is 10.0 Å². The SMILES string of the molecule is CC1CCN(C(=O)CCN(C(C)c2ccccc2)S(C)(=O)=O)CC1. The summed E-state index contributed by atoms with van der Waals surface area (Å²) in [4.78, 5) is 14.3. The number of carbonyl (C=O) groups excluding carboxylic acids is 1. The summed E-state index contributed by atoms with van der Waals surface area (Å²) in [5, 5.41) is 0. The molecule has 5 nitrogen and oxygen atoms in total. The van der Waals surface area contributed by atoms with Gasteiger partial charge >= 0.3 is 0 Å². The lowest BCUT2D eigenvalue weighted by Crippen LogP contribution is -2.41. The fourth-order valence-corrected chi connectivity index (χ4v) is 4.29. The lowest BCUT2D eigenvalue weighted by atomic mass is 9.99. The van der Waals surface area contributed by atoms with E-state index >= 15 is 0 Å². The van der Waals surface area contributed by atoms with E-state index in [0.29, 0.717) is 5.92 Å². The van der Waals surface area contributed by atoms with Crippen LogP contribution in [0, 0.1) is 5.92 Å². The van der Waals surface area contributed by atoms with Gasteiger partial charge in [0.05, 0.1) is 6.26 Å². The van der Waals surface area contributed by atoms with Crippen LogP contribution in [0.25, 0.3) is 0 Å². The van der Waals surface area contributed by atoms with Crippen molar-refractivity contribution in [3.8, 4) is 0 Å². The van der Waals surface area contributed by atoms with E-state index in [9.17, 15) is 13.2 Å². The number of hydrogen-bond donors (Lipinski definition) is 0. The van der Waals surface area contributed by atoms with Gasteiger partial charge in [-0.3, -0.25) is 4.79 Å². The van der Waals surface area contributed by atoms with E-state index in [0.717, 1.165) is 31.5 Å². The van der Waals surface area contributed by atoms with E-state index in [-0.39, 0.29) is 24.9 Å². The van der Waals surface area contributed by atoms with Gasteiger partial charge in [-0.1, -0.05) is 37.3 Å². The van der Waals surface area contributed by atoms with Crippen LogP contribution in [0.3, 0.4) is 0 Å². The van der Waals surface area contributed by atoms with Crippen LogP contribution in [0.15, 0.2) is 30.3 Å². The number of likely N-dealkylation sites (tertiary alicyclic amines) is 1. The first-order valence-corrected chi connectivity index (χ1v) is 10.4. The molecule has 1 aliphatic heterocycles. The third-order valence-electron chi connectivity index (χ3n) is 4.82. The Hall–Kier alpha value is -1.40. The lowest BCUT2D eigenvalue weighted by molar-refractivity contribution is -0.132. The van der Waals surface area contributed by atoms with Crippen molar-refractivity contribution < 1.29 is 13.2 Å². The minimum atomic E-state index is -3.38. The summed E-state index contributed by atoms with van der Waals surface area (Å²) in [5.74, 6) is 0.718. The molecule has 1 amide bonds. The molecule has 1 saturated heterocycles. The Morgan fingerprint density at radius 3 is 2.38 bits per heavy atom. The highest BCUT2D eigenvalue weighted by Crippen LogP contribution is 2.23. The van der Waals surface area contributed by atoms with E-state index in [2.05, 4.69) is 6.92 Å². The maximum absolute atomic E-state index is 12.4. The molecule has 0 spiro atoms. The van der Waals surface area contributed by atoms with Crippen LogP contribution in [-0.2, 0) is 14.8 Å². The summed E-state index contributed by atoms with van der Waals surface area (Å²) in [6.07, 6.45) is 3.50. The number of piperidine rings is 1. The molecule has 0 aromatic heterocycles. The van der Waals surface area contributed by atoms with Crippen LogP contribution in [0.1, 0.15) is 44.7 Å². The predicted octanol–water partition coefficient (Wildman–Crippen LogP) is 2.66. The minimum Gasteiger partial charge on any atom is -0.343 e. The number of hydrogen-bond acceptors (Lipinski definition) is 3. The molecule has 2 rings (SSSR count). The quantitative estimate of drug-likeness (QED) is 0.791. The van der Waals surface area contributed by atoms with Crippen LogP contribution in [0.4, 0.5) is 0 Å². The van der Waals surface area contributed by atoms with Gasteiger partial charge in [0.2, 0.25) is 15.9 Å². The zero-order valence-corrected chi connectivity index (χ0v) is 15.6. The molecule has 1 aromatic rings. The first-order chi connectivity index (χ1) is 11.3. The molecule has 0 N–H and O–H groups in total. The molecule has 134 valence electrons. The Balaban J connectivity index is 2.01. The normalized spacial score (nSPS) is 17.9. The van der Waals surface area contributed by atoms with Crippen molar-refractivity contribution in [3.63, 3.8) is 0 Å². The van der Waals surface area contributed by atoms with Gasteiger partial charge < -0.3 is 4.90 Å². The van der Waals surface area contributed by atoms with Crippen molar-refractivity contribution in [2.75, 3.05) is 25.9 Å². The monoisotopic (exact) mass is 352 g/mol. The molecule has 1 fully saturated rings. The lowest BCUT2D eigenvalue weighted by Gasteiger charge is -2.32. The molecule has 6 heteroatoms. The van der Waals surface area contributed by atoms with Crippen LogP contribution >= 0.6 is 0 Å². The summed E-state index contributed by atoms with van der Waals surface area (Å²) < 4.78 is 25.8. The van der Waals surface area contributed by atoms with E-state index in [4.69, 9.17) is 0 Å². The van der Waals surface area contributed by atoms with Crippen molar-refractivity contribution >= 4 is 15.9 Å². The van der Waals surface area contributed by atoms with Gasteiger partial charge in [-0.25, -0.2) is 8.42 Å². The number of amides is 1. The Morgan fingerprint density at radius 2 is 1.83 bits per heavy atom. The average Bonchev–Trinajstić information content (AvgIpc) is 2.55. The highest BCUT2D eigenvalue weighted by Gasteiger charge is 2.27. The van der Waals surface area contributed by atoms with Gasteiger partial charge in [-0.2, -0.15) is 4.31 Å². The Kier molecular flexibility index (Phi) is 6.40. The van der Waals surface area contributed by atoms with Gasteiger partial charge in [0.1, 0.15) is 0 Å². The summed E-state index contributed by atoms with van der Waals surface area (Å²) >= 11 is 0. The van der Waals surface area contributed by atoms with Crippen molar-refractivity contribution in [1.82, 2.24) is 9.21 Å². The van der Waals surface area contributed by atoms with Gasteiger partial charge in [-0.15, -0.1) is 0 Å². The Morgan fingerprint density at radius 1 is 1.25 bits per heavy atom. The first-order valence-electron chi connectivity index (χ1n) is 8.58. The largest absolute Gasteiger partial charge is 0.343 e. The van der Waals surface area contributed by atoms with Gasteiger partial charge in [0.15, 0.2) is 0 Å². The maximum Gasteiger partial charge on any atom is 0.223 e. The third kappa shape index (κ3) is 5.05. The Labute approximate surface area is 145 Å². The molecule has 1 aliphatic rings. The molecule has 1 atom stereocenters. The molecule has 0 bridgehead atoms. The van der Waals surface area contributed by atoms with Crippen LogP contribution < -0.4 is 0 Å². The molecule has 1 unspecified atom stereocenters. The topological polar surface area (TPSA) is 57.7 Å². The Bertz CT molecular complexity index is 637. The summed E-state index contributed by atoms with van der Waals surface area (Å²) in [5.41, 5.74) is 0.933. The van der Waals surface area contributed by atoms with E-state index in [1.807, 2.05) is 42.2 Å². The highest BCUT2D eigenvalue weighted by molar-refractivity contribution is 7.88. The van der Waals surface area contributed by atoms with Gasteiger partial charge in [0, 0.05) is 32.1 Å². The third-order valence-corrected chi connectivity index (χ3v) is 6.17. The maximum atomic E-state index is 12.4. The van der Waals surface area contributed by atoms with Gasteiger partial charge in [0.25, 0.3) is 0 Å². The van der Waals surface area contributed by atoms with E-state index in [1.54, 1.807) is 0 Å². The van der Waals surface area contributed by atoms with E-state index in [1.165, 1.54) is 10.6 Å². The number of rotatable bonds is 6. The summed E-state index contributed by atoms with van der Waals surface area (Å²) in [6, 6.07) is 9.24. The molecule has 0 aliphatic carbocycles. The zero-order valence-electron chi connectivity index (χ0n) is 14.8. The number of benzene rings is 1. The standard InChI is InChI=1S/C18H28N2O3S/c1-15-9-12-19(13-10-15)18(21)11-14-20(24(3,22)23)16(2)17-7-5-4-6-8-17/h4-8,15-16H,9-14H2,1-3H3. The smallest absolute Gasteiger partial charge is 0.223 e. The molecular weight excluding hydrogens is 324 g/mol. The van der Waals surface area contributed by atoms with Crippen molar-refractivity contribution in [2.24, 2.45) is 5.92 Å². The molecule has 24 heavy (non-hydrogen) atoms. The van der Waals surface area contributed by atoms with Crippen molar-refractivity contribution in [2.45, 2.75) is 39.2 Å². The second-order valence-electron chi connectivity index (χ2n) is 6.77. The fraction of sp³-hybridized carbons (Fsp3) is 0.611. The van der Waals surface area contributed by atoms with Crippen LogP contribution in [0.2, 0.25) is 0 Å². The minimum absolute atomic E-state index is 0.0517. The van der Waals surface area contributed by atoms with Crippen LogP contribution in [-0.4, -0.2) is 49.4 Å². The van der Waals surface area contributed by atoms with Gasteiger partial charge in [-0.05, 0) is 31.2 Å². The fourth-order valence-electron chi connectivity index (χ4n) is 3.17. The molecular formula is C18H28N2O3S. The zero-order chi connectivity index (χ0) is 17.7. The summed E-state index contributed by atoms with van der Waals surface area (Å²) in [6.45, 7) is 5.86. The van der Waals surface area contributed by atoms with Crippen molar-refractivity contribution in [3.05, 3.63) is 35.9 Å². The number of carbonyl (C=O) groups is 1. The molecule has 1 heterocycles. The molecule has 0 radical (unpaired) electrons. The first kappa shape index (κ1) is 18.9. The molecule has 0 saturated carbocycles.